The molecule has 3 aromatic heterocycles. The summed E-state index contributed by atoms with van der Waals surface area (Å²) >= 11 is 0. The molecule has 0 saturated carbocycles. The molecule has 130 valence electrons. The zero-order chi connectivity index (χ0) is 17.8. The molecule has 0 radical (unpaired) electrons. The Kier molecular flexibility index (Phi) is 4.61. The van der Waals surface area contributed by atoms with Crippen LogP contribution in [-0.4, -0.2) is 32.6 Å². The second kappa shape index (κ2) is 7.36. The number of anilines is 1. The lowest BCUT2D eigenvalue weighted by Crippen LogP contribution is -2.36. The molecule has 6 heteroatoms. The van der Waals surface area contributed by atoms with Gasteiger partial charge in [0, 0.05) is 50.0 Å². The average Bonchev–Trinajstić information content (AvgIpc) is 3.17. The van der Waals surface area contributed by atoms with Crippen LogP contribution in [0, 0.1) is 11.3 Å². The Bertz CT molecular complexity index is 894. The predicted molar refractivity (Wildman–Crippen MR) is 98.7 cm³/mol. The summed E-state index contributed by atoms with van der Waals surface area (Å²) in [6.45, 7) is 2.66. The lowest BCUT2D eigenvalue weighted by Gasteiger charge is -2.33. The molecule has 1 fully saturated rings. The third-order valence-corrected chi connectivity index (χ3v) is 4.81. The van der Waals surface area contributed by atoms with Gasteiger partial charge in [-0.3, -0.25) is 4.98 Å². The molecule has 0 aliphatic carbocycles. The van der Waals surface area contributed by atoms with Gasteiger partial charge in [-0.05, 0) is 36.6 Å². The van der Waals surface area contributed by atoms with Gasteiger partial charge >= 0.3 is 0 Å². The summed E-state index contributed by atoms with van der Waals surface area (Å²) in [7, 11) is 0. The molecule has 3 aromatic rings. The maximum Gasteiger partial charge on any atom is 0.128 e. The minimum absolute atomic E-state index is 0.368. The minimum Gasteiger partial charge on any atom is -0.356 e. The number of nitriles is 1. The number of imidazole rings is 1. The van der Waals surface area contributed by atoms with Crippen LogP contribution in [0.4, 0.5) is 5.82 Å². The van der Waals surface area contributed by atoms with Crippen molar-refractivity contribution in [1.29, 1.82) is 5.26 Å². The molecule has 0 N–H and O–H groups in total. The van der Waals surface area contributed by atoms with E-state index in [0.29, 0.717) is 11.5 Å². The molecule has 0 unspecified atom stereocenters. The summed E-state index contributed by atoms with van der Waals surface area (Å²) in [6.07, 6.45) is 11.5. The molecular formula is C20H20N6. The lowest BCUT2D eigenvalue weighted by molar-refractivity contribution is 0.474. The molecule has 1 atom stereocenters. The Morgan fingerprint density at radius 2 is 2.12 bits per heavy atom. The van der Waals surface area contributed by atoms with E-state index in [9.17, 15) is 0 Å². The number of hydrogen-bond donors (Lipinski definition) is 0. The van der Waals surface area contributed by atoms with Gasteiger partial charge in [0.2, 0.25) is 0 Å². The first-order valence-electron chi connectivity index (χ1n) is 8.84. The van der Waals surface area contributed by atoms with E-state index in [1.54, 1.807) is 12.4 Å². The third kappa shape index (κ3) is 3.42. The Balaban J connectivity index is 1.51. The number of pyridine rings is 2. The molecule has 26 heavy (non-hydrogen) atoms. The number of rotatable bonds is 4. The monoisotopic (exact) mass is 344 g/mol. The largest absolute Gasteiger partial charge is 0.356 e. The van der Waals surface area contributed by atoms with Crippen LogP contribution in [-0.2, 0) is 6.54 Å². The molecule has 0 spiro atoms. The van der Waals surface area contributed by atoms with E-state index in [4.69, 9.17) is 5.26 Å². The third-order valence-electron chi connectivity index (χ3n) is 4.81. The van der Waals surface area contributed by atoms with Crippen molar-refractivity contribution in [2.45, 2.75) is 25.3 Å². The summed E-state index contributed by atoms with van der Waals surface area (Å²) in [5.41, 5.74) is 1.77. The van der Waals surface area contributed by atoms with Crippen LogP contribution in [0.1, 0.15) is 35.7 Å². The fourth-order valence-corrected chi connectivity index (χ4v) is 3.54. The van der Waals surface area contributed by atoms with Crippen LogP contribution in [0.15, 0.2) is 55.2 Å². The van der Waals surface area contributed by atoms with Gasteiger partial charge in [0.25, 0.3) is 0 Å². The van der Waals surface area contributed by atoms with Crippen molar-refractivity contribution >= 4 is 5.82 Å². The van der Waals surface area contributed by atoms with Crippen LogP contribution in [0.2, 0.25) is 0 Å². The summed E-state index contributed by atoms with van der Waals surface area (Å²) in [5.74, 6) is 2.42. The number of hydrogen-bond acceptors (Lipinski definition) is 5. The highest BCUT2D eigenvalue weighted by atomic mass is 15.2. The Labute approximate surface area is 152 Å². The second-order valence-corrected chi connectivity index (χ2v) is 6.58. The van der Waals surface area contributed by atoms with Gasteiger partial charge in [0.05, 0.1) is 12.1 Å². The molecule has 0 aromatic carbocycles. The molecule has 1 aliphatic heterocycles. The summed E-state index contributed by atoms with van der Waals surface area (Å²) in [5, 5.41) is 8.94. The first-order valence-corrected chi connectivity index (χ1v) is 8.84. The fraction of sp³-hybridized carbons (Fsp3) is 0.300. The summed E-state index contributed by atoms with van der Waals surface area (Å²) < 4.78 is 2.22. The molecule has 0 amide bonds. The highest BCUT2D eigenvalue weighted by Crippen LogP contribution is 2.28. The summed E-state index contributed by atoms with van der Waals surface area (Å²) in [6, 6.07) is 9.93. The quantitative estimate of drug-likeness (QED) is 0.728. The summed E-state index contributed by atoms with van der Waals surface area (Å²) in [4.78, 5) is 15.6. The topological polar surface area (TPSA) is 70.6 Å². The molecule has 6 nitrogen and oxygen atoms in total. The highest BCUT2D eigenvalue weighted by Gasteiger charge is 2.25. The number of piperidine rings is 1. The van der Waals surface area contributed by atoms with Crippen molar-refractivity contribution < 1.29 is 0 Å². The van der Waals surface area contributed by atoms with Crippen LogP contribution >= 0.6 is 0 Å². The van der Waals surface area contributed by atoms with Crippen molar-refractivity contribution in [3.05, 3.63) is 72.2 Å². The van der Waals surface area contributed by atoms with Gasteiger partial charge < -0.3 is 9.47 Å². The van der Waals surface area contributed by atoms with Gasteiger partial charge in [-0.2, -0.15) is 5.26 Å². The van der Waals surface area contributed by atoms with E-state index in [-0.39, 0.29) is 0 Å². The molecule has 4 heterocycles. The zero-order valence-electron chi connectivity index (χ0n) is 14.5. The van der Waals surface area contributed by atoms with Gasteiger partial charge in [-0.1, -0.05) is 6.07 Å². The van der Waals surface area contributed by atoms with Crippen LogP contribution in [0.5, 0.6) is 0 Å². The smallest absolute Gasteiger partial charge is 0.128 e. The lowest BCUT2D eigenvalue weighted by atomic mass is 9.97. The van der Waals surface area contributed by atoms with Crippen LogP contribution in [0.25, 0.3) is 0 Å². The van der Waals surface area contributed by atoms with Crippen molar-refractivity contribution in [3.8, 4) is 6.07 Å². The van der Waals surface area contributed by atoms with Crippen molar-refractivity contribution in [1.82, 2.24) is 19.5 Å². The standard InChI is InChI=1S/C20H20N6/c21-11-16-5-6-19(24-13-16)25-9-2-4-18(15-25)20-23-8-10-26(20)14-17-3-1-7-22-12-17/h1,3,5-8,10,12-13,18H,2,4,9,14-15H2/t18-/m1/s1. The fourth-order valence-electron chi connectivity index (χ4n) is 3.54. The van der Waals surface area contributed by atoms with E-state index in [2.05, 4.69) is 36.6 Å². The zero-order valence-corrected chi connectivity index (χ0v) is 14.5. The van der Waals surface area contributed by atoms with Crippen molar-refractivity contribution in [2.24, 2.45) is 0 Å². The predicted octanol–water partition coefficient (Wildman–Crippen LogP) is 2.98. The normalized spacial score (nSPS) is 17.0. The average molecular weight is 344 g/mol. The van der Waals surface area contributed by atoms with Crippen LogP contribution < -0.4 is 4.90 Å². The van der Waals surface area contributed by atoms with E-state index >= 15 is 0 Å². The first kappa shape index (κ1) is 16.3. The van der Waals surface area contributed by atoms with E-state index in [0.717, 1.165) is 44.1 Å². The second-order valence-electron chi connectivity index (χ2n) is 6.58. The van der Waals surface area contributed by atoms with Crippen LogP contribution in [0.3, 0.4) is 0 Å². The Morgan fingerprint density at radius 3 is 2.88 bits per heavy atom. The van der Waals surface area contributed by atoms with E-state index in [1.165, 1.54) is 5.56 Å². The molecular weight excluding hydrogens is 324 g/mol. The van der Waals surface area contributed by atoms with Crippen molar-refractivity contribution in [2.75, 3.05) is 18.0 Å². The van der Waals surface area contributed by atoms with Gasteiger partial charge in [0.1, 0.15) is 17.7 Å². The van der Waals surface area contributed by atoms with Gasteiger partial charge in [0.15, 0.2) is 0 Å². The van der Waals surface area contributed by atoms with E-state index in [1.807, 2.05) is 36.8 Å². The van der Waals surface area contributed by atoms with Gasteiger partial charge in [-0.25, -0.2) is 9.97 Å². The van der Waals surface area contributed by atoms with E-state index < -0.39 is 0 Å². The molecule has 1 aliphatic rings. The SMILES string of the molecule is N#Cc1ccc(N2CCC[C@@H](c3nccn3Cc3cccnc3)C2)nc1. The highest BCUT2D eigenvalue weighted by molar-refractivity contribution is 5.42. The molecule has 1 saturated heterocycles. The maximum absolute atomic E-state index is 8.94. The molecule has 4 rings (SSSR count). The van der Waals surface area contributed by atoms with Gasteiger partial charge in [-0.15, -0.1) is 0 Å². The first-order chi connectivity index (χ1) is 12.8. The number of aromatic nitrogens is 4. The minimum atomic E-state index is 0.368. The maximum atomic E-state index is 8.94. The Hall–Kier alpha value is -3.20. The molecule has 0 bridgehead atoms. The Morgan fingerprint density at radius 1 is 1.15 bits per heavy atom. The number of nitrogens with zero attached hydrogens (tertiary/aromatic N) is 6. The van der Waals surface area contributed by atoms with Crippen molar-refractivity contribution in [3.63, 3.8) is 0 Å².